The average molecular weight is 127 g/mol. The van der Waals surface area contributed by atoms with Crippen LogP contribution in [0, 0.1) is 5.92 Å². The highest BCUT2D eigenvalue weighted by atomic mass is 16.1. The Kier molecular flexibility index (Phi) is 1.86. The molecule has 2 nitrogen and oxygen atoms in total. The summed E-state index contributed by atoms with van der Waals surface area (Å²) in [4.78, 5) is 13.0. The van der Waals surface area contributed by atoms with Crippen molar-refractivity contribution >= 4 is 5.78 Å². The molecule has 0 bridgehead atoms. The molecule has 1 fully saturated rings. The summed E-state index contributed by atoms with van der Waals surface area (Å²) in [6, 6.07) is 0. The third-order valence-electron chi connectivity index (χ3n) is 1.97. The van der Waals surface area contributed by atoms with Crippen molar-refractivity contribution in [1.82, 2.24) is 4.90 Å². The summed E-state index contributed by atoms with van der Waals surface area (Å²) in [7, 11) is 2.06. The number of nitrogens with zero attached hydrogens (tertiary/aromatic N) is 1. The lowest BCUT2D eigenvalue weighted by molar-refractivity contribution is -0.120. The predicted molar refractivity (Wildman–Crippen MR) is 36.3 cm³/mol. The van der Waals surface area contributed by atoms with Crippen LogP contribution in [0.25, 0.3) is 0 Å². The Bertz CT molecular complexity index is 122. The molecule has 0 aliphatic carbocycles. The Morgan fingerprint density at radius 3 is 2.56 bits per heavy atom. The van der Waals surface area contributed by atoms with E-state index < -0.39 is 0 Å². The average Bonchev–Trinajstić information content (AvgIpc) is 2.14. The van der Waals surface area contributed by atoms with Crippen molar-refractivity contribution in [2.24, 2.45) is 5.92 Å². The molecule has 0 amide bonds. The topological polar surface area (TPSA) is 20.3 Å². The number of Topliss-reactive ketones (excluding diaryl/α,β-unsaturated/α-hetero) is 1. The van der Waals surface area contributed by atoms with E-state index in [0.29, 0.717) is 11.7 Å². The van der Waals surface area contributed by atoms with Gasteiger partial charge in [-0.15, -0.1) is 0 Å². The lowest BCUT2D eigenvalue weighted by Gasteiger charge is -2.05. The van der Waals surface area contributed by atoms with Crippen LogP contribution in [-0.2, 0) is 4.79 Å². The number of hydrogen-bond acceptors (Lipinski definition) is 2. The van der Waals surface area contributed by atoms with Crippen LogP contribution in [0.15, 0.2) is 0 Å². The Morgan fingerprint density at radius 1 is 1.67 bits per heavy atom. The van der Waals surface area contributed by atoms with Gasteiger partial charge in [0, 0.05) is 12.5 Å². The standard InChI is InChI=1S/C7H13NO/c1-6(9)7-3-4-8(2)5-7/h7H,3-5H2,1-2H3. The highest BCUT2D eigenvalue weighted by molar-refractivity contribution is 5.78. The van der Waals surface area contributed by atoms with Crippen LogP contribution in [0.1, 0.15) is 13.3 Å². The molecule has 1 heterocycles. The Morgan fingerprint density at radius 2 is 2.33 bits per heavy atom. The van der Waals surface area contributed by atoms with Crippen molar-refractivity contribution < 1.29 is 4.79 Å². The summed E-state index contributed by atoms with van der Waals surface area (Å²) < 4.78 is 0. The smallest absolute Gasteiger partial charge is 0.134 e. The summed E-state index contributed by atoms with van der Waals surface area (Å²) in [5.41, 5.74) is 0. The fourth-order valence-corrected chi connectivity index (χ4v) is 1.27. The third-order valence-corrected chi connectivity index (χ3v) is 1.97. The first-order valence-corrected chi connectivity index (χ1v) is 3.39. The molecule has 9 heavy (non-hydrogen) atoms. The molecular weight excluding hydrogens is 114 g/mol. The lowest BCUT2D eigenvalue weighted by Crippen LogP contribution is -2.17. The minimum atomic E-state index is 0.329. The maximum absolute atomic E-state index is 10.8. The molecule has 1 saturated heterocycles. The molecule has 52 valence electrons. The van der Waals surface area contributed by atoms with Crippen molar-refractivity contribution in [3.63, 3.8) is 0 Å². The van der Waals surface area contributed by atoms with Crippen molar-refractivity contribution in [2.45, 2.75) is 13.3 Å². The largest absolute Gasteiger partial charge is 0.306 e. The molecule has 0 aromatic heterocycles. The molecule has 1 aliphatic rings. The Labute approximate surface area is 55.8 Å². The molecule has 0 aromatic carbocycles. The fourth-order valence-electron chi connectivity index (χ4n) is 1.27. The van der Waals surface area contributed by atoms with E-state index in [1.165, 1.54) is 0 Å². The number of carbonyl (C=O) groups excluding carboxylic acids is 1. The van der Waals surface area contributed by atoms with Gasteiger partial charge in [0.2, 0.25) is 0 Å². The van der Waals surface area contributed by atoms with Gasteiger partial charge >= 0.3 is 0 Å². The molecule has 0 spiro atoms. The summed E-state index contributed by atoms with van der Waals surface area (Å²) in [5.74, 6) is 0.675. The quantitative estimate of drug-likeness (QED) is 0.512. The van der Waals surface area contributed by atoms with Crippen molar-refractivity contribution in [3.8, 4) is 0 Å². The van der Waals surface area contributed by atoms with E-state index in [0.717, 1.165) is 19.5 Å². The second kappa shape index (κ2) is 2.48. The van der Waals surface area contributed by atoms with E-state index in [2.05, 4.69) is 11.9 Å². The van der Waals surface area contributed by atoms with E-state index in [1.54, 1.807) is 6.92 Å². The van der Waals surface area contributed by atoms with Crippen LogP contribution in [0.2, 0.25) is 0 Å². The summed E-state index contributed by atoms with van der Waals surface area (Å²) >= 11 is 0. The van der Waals surface area contributed by atoms with Gasteiger partial charge in [-0.25, -0.2) is 0 Å². The number of likely N-dealkylation sites (tertiary alicyclic amines) is 1. The van der Waals surface area contributed by atoms with Gasteiger partial charge in [0.25, 0.3) is 0 Å². The van der Waals surface area contributed by atoms with Crippen LogP contribution in [0.4, 0.5) is 0 Å². The molecule has 1 unspecified atom stereocenters. The van der Waals surface area contributed by atoms with Crippen LogP contribution >= 0.6 is 0 Å². The van der Waals surface area contributed by atoms with Gasteiger partial charge in [0.05, 0.1) is 0 Å². The molecule has 0 saturated carbocycles. The highest BCUT2D eigenvalue weighted by Gasteiger charge is 2.22. The lowest BCUT2D eigenvalue weighted by atomic mass is 10.1. The van der Waals surface area contributed by atoms with Gasteiger partial charge in [0.15, 0.2) is 0 Å². The van der Waals surface area contributed by atoms with Crippen LogP contribution in [-0.4, -0.2) is 30.8 Å². The van der Waals surface area contributed by atoms with Crippen LogP contribution in [0.5, 0.6) is 0 Å². The second-order valence-corrected chi connectivity index (χ2v) is 2.86. The van der Waals surface area contributed by atoms with Crippen molar-refractivity contribution in [3.05, 3.63) is 0 Å². The molecule has 0 aromatic rings. The van der Waals surface area contributed by atoms with Gasteiger partial charge in [-0.1, -0.05) is 0 Å². The molecule has 1 rings (SSSR count). The minimum Gasteiger partial charge on any atom is -0.306 e. The molecule has 0 N–H and O–H groups in total. The number of rotatable bonds is 1. The molecule has 1 aliphatic heterocycles. The van der Waals surface area contributed by atoms with Crippen molar-refractivity contribution in [1.29, 1.82) is 0 Å². The first kappa shape index (κ1) is 6.75. The zero-order valence-corrected chi connectivity index (χ0v) is 6.05. The third kappa shape index (κ3) is 1.52. The maximum Gasteiger partial charge on any atom is 0.134 e. The number of carbonyl (C=O) groups is 1. The SMILES string of the molecule is CC(=O)C1CCN(C)C1. The molecule has 1 atom stereocenters. The van der Waals surface area contributed by atoms with E-state index in [9.17, 15) is 4.79 Å². The van der Waals surface area contributed by atoms with E-state index in [4.69, 9.17) is 0 Å². The zero-order chi connectivity index (χ0) is 6.85. The number of hydrogen-bond donors (Lipinski definition) is 0. The molecular formula is C7H13NO. The highest BCUT2D eigenvalue weighted by Crippen LogP contribution is 2.14. The van der Waals surface area contributed by atoms with Gasteiger partial charge < -0.3 is 4.90 Å². The van der Waals surface area contributed by atoms with Gasteiger partial charge in [0.1, 0.15) is 5.78 Å². The summed E-state index contributed by atoms with van der Waals surface area (Å²) in [6.45, 7) is 3.74. The van der Waals surface area contributed by atoms with E-state index >= 15 is 0 Å². The summed E-state index contributed by atoms with van der Waals surface area (Å²) in [6.07, 6.45) is 1.06. The summed E-state index contributed by atoms with van der Waals surface area (Å²) in [5, 5.41) is 0. The normalized spacial score (nSPS) is 28.9. The Hall–Kier alpha value is -0.370. The number of ketones is 1. The van der Waals surface area contributed by atoms with Gasteiger partial charge in [-0.2, -0.15) is 0 Å². The van der Waals surface area contributed by atoms with Gasteiger partial charge in [-0.05, 0) is 26.9 Å². The van der Waals surface area contributed by atoms with E-state index in [-0.39, 0.29) is 0 Å². The Balaban J connectivity index is 2.39. The first-order chi connectivity index (χ1) is 4.20. The fraction of sp³-hybridized carbons (Fsp3) is 0.857. The minimum absolute atomic E-state index is 0.329. The van der Waals surface area contributed by atoms with Crippen LogP contribution in [0.3, 0.4) is 0 Å². The predicted octanol–water partition coefficient (Wildman–Crippen LogP) is 0.527. The van der Waals surface area contributed by atoms with Crippen LogP contribution < -0.4 is 0 Å². The first-order valence-electron chi connectivity index (χ1n) is 3.39. The second-order valence-electron chi connectivity index (χ2n) is 2.86. The van der Waals surface area contributed by atoms with Gasteiger partial charge in [-0.3, -0.25) is 4.79 Å². The molecule has 0 radical (unpaired) electrons. The zero-order valence-electron chi connectivity index (χ0n) is 6.05. The van der Waals surface area contributed by atoms with E-state index in [1.807, 2.05) is 0 Å². The maximum atomic E-state index is 10.8. The monoisotopic (exact) mass is 127 g/mol. The molecule has 2 heteroatoms. The van der Waals surface area contributed by atoms with Crippen molar-refractivity contribution in [2.75, 3.05) is 20.1 Å².